The number of hydrogen-bond donors (Lipinski definition) is 0. The highest BCUT2D eigenvalue weighted by Crippen LogP contribution is 2.28. The predicted octanol–water partition coefficient (Wildman–Crippen LogP) is 4.40. The average molecular weight is 424 g/mol. The zero-order valence-corrected chi connectivity index (χ0v) is 19.3. The summed E-state index contributed by atoms with van der Waals surface area (Å²) >= 11 is 0. The lowest BCUT2D eigenvalue weighted by atomic mass is 9.88. The standard InChI is InChI=1S/C21H33N3O4S/c1-8-24(16-21(5,6)13-10-14-22)29(26,27)18-12-9-11-17(15-18)23(7)19(25)28-20(2,3)4/h9,11-12,15H,8,10,13,16H2,1-7H3. The van der Waals surface area contributed by atoms with Gasteiger partial charge in [-0.2, -0.15) is 9.57 Å². The molecule has 0 radical (unpaired) electrons. The van der Waals surface area contributed by atoms with Crippen molar-refractivity contribution in [2.24, 2.45) is 5.41 Å². The number of hydrogen-bond acceptors (Lipinski definition) is 5. The molecule has 0 spiro atoms. The quantitative estimate of drug-likeness (QED) is 0.618. The van der Waals surface area contributed by atoms with Gasteiger partial charge in [0.1, 0.15) is 5.60 Å². The molecule has 1 rings (SSSR count). The number of carbonyl (C=O) groups is 1. The van der Waals surface area contributed by atoms with Gasteiger partial charge in [0, 0.05) is 32.2 Å². The van der Waals surface area contributed by atoms with Crippen LogP contribution in [0.15, 0.2) is 29.2 Å². The molecular weight excluding hydrogens is 390 g/mol. The monoisotopic (exact) mass is 423 g/mol. The second-order valence-electron chi connectivity index (χ2n) is 8.79. The lowest BCUT2D eigenvalue weighted by Gasteiger charge is -2.31. The van der Waals surface area contributed by atoms with E-state index in [1.165, 1.54) is 21.3 Å². The Labute approximate surface area is 175 Å². The minimum absolute atomic E-state index is 0.114. The van der Waals surface area contributed by atoms with Gasteiger partial charge in [-0.15, -0.1) is 0 Å². The molecular formula is C21H33N3O4S. The minimum atomic E-state index is -3.75. The second kappa shape index (κ2) is 9.59. The van der Waals surface area contributed by atoms with Crippen LogP contribution in [0.3, 0.4) is 0 Å². The van der Waals surface area contributed by atoms with Crippen LogP contribution in [0.4, 0.5) is 10.5 Å². The summed E-state index contributed by atoms with van der Waals surface area (Å²) in [5.74, 6) is 0. The summed E-state index contributed by atoms with van der Waals surface area (Å²) in [6, 6.07) is 8.38. The van der Waals surface area contributed by atoms with Crippen molar-refractivity contribution in [3.8, 4) is 6.07 Å². The Balaban J connectivity index is 3.14. The first kappa shape index (κ1) is 24.9. The molecule has 1 amide bonds. The fraction of sp³-hybridized carbons (Fsp3) is 0.619. The number of sulfonamides is 1. The van der Waals surface area contributed by atoms with Crippen LogP contribution in [0.2, 0.25) is 0 Å². The molecule has 8 heteroatoms. The van der Waals surface area contributed by atoms with Crippen molar-refractivity contribution in [2.75, 3.05) is 25.0 Å². The Bertz CT molecular complexity index is 851. The van der Waals surface area contributed by atoms with Crippen molar-refractivity contribution in [3.05, 3.63) is 24.3 Å². The van der Waals surface area contributed by atoms with Gasteiger partial charge in [-0.1, -0.05) is 26.8 Å². The first-order chi connectivity index (χ1) is 13.2. The molecule has 0 bridgehead atoms. The molecule has 0 fully saturated rings. The summed E-state index contributed by atoms with van der Waals surface area (Å²) in [7, 11) is -2.21. The number of rotatable bonds is 8. The van der Waals surface area contributed by atoms with E-state index in [0.717, 1.165) is 0 Å². The van der Waals surface area contributed by atoms with Gasteiger partial charge in [0.25, 0.3) is 0 Å². The molecule has 1 aromatic rings. The van der Waals surface area contributed by atoms with Crippen LogP contribution >= 0.6 is 0 Å². The van der Waals surface area contributed by atoms with Gasteiger partial charge in [-0.3, -0.25) is 4.90 Å². The van der Waals surface area contributed by atoms with Crippen molar-refractivity contribution < 1.29 is 17.9 Å². The lowest BCUT2D eigenvalue weighted by Crippen LogP contribution is -2.39. The van der Waals surface area contributed by atoms with E-state index in [-0.39, 0.29) is 10.3 Å². The number of ether oxygens (including phenoxy) is 1. The maximum atomic E-state index is 13.2. The molecule has 0 aliphatic carbocycles. The fourth-order valence-electron chi connectivity index (χ4n) is 2.75. The van der Waals surface area contributed by atoms with E-state index in [9.17, 15) is 13.2 Å². The summed E-state index contributed by atoms with van der Waals surface area (Å²) in [5.41, 5.74) is -0.549. The first-order valence-electron chi connectivity index (χ1n) is 9.67. The highest BCUT2D eigenvalue weighted by Gasteiger charge is 2.30. The maximum absolute atomic E-state index is 13.2. The third kappa shape index (κ3) is 7.33. The molecule has 0 saturated carbocycles. The van der Waals surface area contributed by atoms with Crippen LogP contribution in [-0.4, -0.2) is 44.6 Å². The zero-order chi connectivity index (χ0) is 22.5. The van der Waals surface area contributed by atoms with Gasteiger partial charge in [0.2, 0.25) is 10.0 Å². The molecule has 0 aliphatic rings. The van der Waals surface area contributed by atoms with E-state index in [1.807, 2.05) is 13.8 Å². The van der Waals surface area contributed by atoms with Crippen LogP contribution in [0, 0.1) is 16.7 Å². The van der Waals surface area contributed by atoms with Gasteiger partial charge in [-0.05, 0) is 50.8 Å². The topological polar surface area (TPSA) is 90.7 Å². The van der Waals surface area contributed by atoms with Gasteiger partial charge < -0.3 is 4.74 Å². The van der Waals surface area contributed by atoms with Gasteiger partial charge in [-0.25, -0.2) is 13.2 Å². The maximum Gasteiger partial charge on any atom is 0.414 e. The van der Waals surface area contributed by atoms with E-state index < -0.39 is 21.7 Å². The summed E-state index contributed by atoms with van der Waals surface area (Å²) in [6.07, 6.45) is 0.426. The Kier molecular flexibility index (Phi) is 8.25. The van der Waals surface area contributed by atoms with Gasteiger partial charge >= 0.3 is 6.09 Å². The first-order valence-corrected chi connectivity index (χ1v) is 11.1. The summed E-state index contributed by atoms with van der Waals surface area (Å²) < 4.78 is 33.2. The normalized spacial score (nSPS) is 12.5. The van der Waals surface area contributed by atoms with Crippen LogP contribution < -0.4 is 4.90 Å². The highest BCUT2D eigenvalue weighted by atomic mass is 32.2. The number of carbonyl (C=O) groups excluding carboxylic acids is 1. The van der Waals surface area contributed by atoms with Crippen molar-refractivity contribution in [1.29, 1.82) is 5.26 Å². The number of benzene rings is 1. The molecule has 7 nitrogen and oxygen atoms in total. The Morgan fingerprint density at radius 3 is 2.34 bits per heavy atom. The molecule has 1 aromatic carbocycles. The molecule has 0 heterocycles. The van der Waals surface area contributed by atoms with E-state index in [0.29, 0.717) is 31.6 Å². The third-order valence-electron chi connectivity index (χ3n) is 4.38. The van der Waals surface area contributed by atoms with E-state index in [4.69, 9.17) is 10.00 Å². The Morgan fingerprint density at radius 2 is 1.83 bits per heavy atom. The predicted molar refractivity (Wildman–Crippen MR) is 114 cm³/mol. The molecule has 0 aromatic heterocycles. The Hall–Kier alpha value is -2.11. The molecule has 0 N–H and O–H groups in total. The molecule has 0 saturated heterocycles. The van der Waals surface area contributed by atoms with Gasteiger partial charge in [0.15, 0.2) is 0 Å². The third-order valence-corrected chi connectivity index (χ3v) is 6.30. The lowest BCUT2D eigenvalue weighted by molar-refractivity contribution is 0.0589. The smallest absolute Gasteiger partial charge is 0.414 e. The molecule has 162 valence electrons. The van der Waals surface area contributed by atoms with E-state index in [2.05, 4.69) is 6.07 Å². The largest absolute Gasteiger partial charge is 0.443 e. The van der Waals surface area contributed by atoms with Crippen LogP contribution in [0.25, 0.3) is 0 Å². The van der Waals surface area contributed by atoms with E-state index >= 15 is 0 Å². The highest BCUT2D eigenvalue weighted by molar-refractivity contribution is 7.89. The average Bonchev–Trinajstić information content (AvgIpc) is 2.62. The van der Waals surface area contributed by atoms with Crippen molar-refractivity contribution in [2.45, 2.75) is 64.9 Å². The number of nitrogens with zero attached hydrogens (tertiary/aromatic N) is 3. The molecule has 0 aliphatic heterocycles. The van der Waals surface area contributed by atoms with E-state index in [1.54, 1.807) is 46.9 Å². The van der Waals surface area contributed by atoms with Crippen molar-refractivity contribution >= 4 is 21.8 Å². The number of nitriles is 1. The molecule has 0 unspecified atom stereocenters. The van der Waals surface area contributed by atoms with Crippen LogP contribution in [-0.2, 0) is 14.8 Å². The SMILES string of the molecule is CCN(CC(C)(C)CCC#N)S(=O)(=O)c1cccc(N(C)C(=O)OC(C)(C)C)c1. The Morgan fingerprint density at radius 1 is 1.21 bits per heavy atom. The summed E-state index contributed by atoms with van der Waals surface area (Å²) in [5, 5.41) is 8.83. The number of anilines is 1. The second-order valence-corrected chi connectivity index (χ2v) is 10.7. The molecule has 0 atom stereocenters. The molecule has 29 heavy (non-hydrogen) atoms. The zero-order valence-electron chi connectivity index (χ0n) is 18.5. The van der Waals surface area contributed by atoms with Crippen molar-refractivity contribution in [3.63, 3.8) is 0 Å². The minimum Gasteiger partial charge on any atom is -0.443 e. The summed E-state index contributed by atoms with van der Waals surface area (Å²) in [4.78, 5) is 13.7. The summed E-state index contributed by atoms with van der Waals surface area (Å²) in [6.45, 7) is 11.6. The van der Waals surface area contributed by atoms with Crippen molar-refractivity contribution in [1.82, 2.24) is 4.31 Å². The van der Waals surface area contributed by atoms with Gasteiger partial charge in [0.05, 0.1) is 11.0 Å². The van der Waals surface area contributed by atoms with Crippen LogP contribution in [0.1, 0.15) is 54.4 Å². The fourth-order valence-corrected chi connectivity index (χ4v) is 4.43. The number of amides is 1. The van der Waals surface area contributed by atoms with Crippen LogP contribution in [0.5, 0.6) is 0 Å².